The van der Waals surface area contributed by atoms with Crippen molar-refractivity contribution in [3.8, 4) is 0 Å². The molecular formula is C12H16O2. The fourth-order valence-corrected chi connectivity index (χ4v) is 1.03. The summed E-state index contributed by atoms with van der Waals surface area (Å²) in [5.41, 5.74) is 0. The molecule has 0 N–H and O–H groups in total. The van der Waals surface area contributed by atoms with E-state index in [1.54, 1.807) is 0 Å². The highest BCUT2D eigenvalue weighted by atomic mass is 16.1. The molecule has 0 aliphatic heterocycles. The molecule has 0 saturated carbocycles. The molecule has 2 radical (unpaired) electrons. The lowest BCUT2D eigenvalue weighted by molar-refractivity contribution is -0.117. The second kappa shape index (κ2) is 8.42. The molecule has 0 amide bonds. The summed E-state index contributed by atoms with van der Waals surface area (Å²) in [6, 6.07) is 0. The lowest BCUT2D eigenvalue weighted by Crippen LogP contribution is -1.99. The number of unbranched alkanes of at least 4 members (excludes halogenated alkanes) is 1. The summed E-state index contributed by atoms with van der Waals surface area (Å²) in [5, 5.41) is 0. The molecule has 0 fully saturated rings. The van der Waals surface area contributed by atoms with E-state index in [1.807, 2.05) is 0 Å². The van der Waals surface area contributed by atoms with Crippen LogP contribution in [0.5, 0.6) is 0 Å². The minimum Gasteiger partial charge on any atom is -0.299 e. The van der Waals surface area contributed by atoms with E-state index in [1.165, 1.54) is 25.0 Å². The van der Waals surface area contributed by atoms with Gasteiger partial charge in [0.05, 0.1) is 0 Å². The summed E-state index contributed by atoms with van der Waals surface area (Å²) >= 11 is 0. The van der Waals surface area contributed by atoms with Gasteiger partial charge in [0.1, 0.15) is 11.6 Å². The molecule has 0 aromatic carbocycles. The Kier molecular flexibility index (Phi) is 7.71. The van der Waals surface area contributed by atoms with Crippen LogP contribution in [-0.2, 0) is 9.59 Å². The van der Waals surface area contributed by atoms with E-state index in [4.69, 9.17) is 0 Å². The predicted octanol–water partition coefficient (Wildman–Crippen LogP) is 2.47. The molecule has 2 heteroatoms. The van der Waals surface area contributed by atoms with Crippen LogP contribution < -0.4 is 0 Å². The van der Waals surface area contributed by atoms with E-state index in [0.29, 0.717) is 12.8 Å². The molecule has 0 unspecified atom stereocenters. The molecule has 0 atom stereocenters. The average molecular weight is 192 g/mol. The van der Waals surface area contributed by atoms with Crippen LogP contribution in [0.25, 0.3) is 0 Å². The van der Waals surface area contributed by atoms with Gasteiger partial charge in [-0.15, -0.1) is 13.2 Å². The van der Waals surface area contributed by atoms with Gasteiger partial charge in [-0.1, -0.05) is 12.2 Å². The Bertz CT molecular complexity index is 192. The number of carbonyl (C=O) groups excluding carboxylic acids is 2. The van der Waals surface area contributed by atoms with Crippen LogP contribution in [0.3, 0.4) is 0 Å². The maximum Gasteiger partial charge on any atom is 0.140 e. The third-order valence-electron chi connectivity index (χ3n) is 1.70. The SMILES string of the molecule is C=C[CH]C(=O)CCCCC(=O)[CH]C=C. The number of rotatable bonds is 9. The van der Waals surface area contributed by atoms with Gasteiger partial charge in [0.2, 0.25) is 0 Å². The summed E-state index contributed by atoms with van der Waals surface area (Å²) in [4.78, 5) is 22.0. The van der Waals surface area contributed by atoms with Crippen LogP contribution in [0.15, 0.2) is 25.3 Å². The lowest BCUT2D eigenvalue weighted by atomic mass is 10.1. The molecule has 0 aliphatic rings. The molecule has 0 heterocycles. The lowest BCUT2D eigenvalue weighted by Gasteiger charge is -1.97. The van der Waals surface area contributed by atoms with E-state index in [2.05, 4.69) is 13.2 Å². The van der Waals surface area contributed by atoms with Crippen molar-refractivity contribution in [2.75, 3.05) is 0 Å². The first-order valence-corrected chi connectivity index (χ1v) is 4.68. The number of carbonyl (C=O) groups is 2. The number of Topliss-reactive ketones (excluding diaryl/α,β-unsaturated/α-hetero) is 2. The highest BCUT2D eigenvalue weighted by molar-refractivity contribution is 5.89. The molecule has 76 valence electrons. The van der Waals surface area contributed by atoms with Gasteiger partial charge in [-0.3, -0.25) is 9.59 Å². The third-order valence-corrected chi connectivity index (χ3v) is 1.70. The Hall–Kier alpha value is -1.18. The Balaban J connectivity index is 3.36. The van der Waals surface area contributed by atoms with E-state index >= 15 is 0 Å². The fraction of sp³-hybridized carbons (Fsp3) is 0.333. The first-order chi connectivity index (χ1) is 6.70. The zero-order valence-electron chi connectivity index (χ0n) is 8.37. The quantitative estimate of drug-likeness (QED) is 0.526. The van der Waals surface area contributed by atoms with E-state index < -0.39 is 0 Å². The standard InChI is InChI=1S/C12H16O2/c1-3-7-11(13)9-5-6-10-12(14)8-4-2/h3-4,7-8H,1-2,5-6,9-10H2. The van der Waals surface area contributed by atoms with Crippen LogP contribution in [0.1, 0.15) is 25.7 Å². The summed E-state index contributed by atoms with van der Waals surface area (Å²) in [6.07, 6.45) is 8.37. The largest absolute Gasteiger partial charge is 0.299 e. The molecule has 14 heavy (non-hydrogen) atoms. The van der Waals surface area contributed by atoms with Crippen molar-refractivity contribution in [2.45, 2.75) is 25.7 Å². The minimum atomic E-state index is 0.0696. The van der Waals surface area contributed by atoms with E-state index in [9.17, 15) is 9.59 Å². The third kappa shape index (κ3) is 7.47. The number of hydrogen-bond donors (Lipinski definition) is 0. The fourth-order valence-electron chi connectivity index (χ4n) is 1.03. The smallest absolute Gasteiger partial charge is 0.140 e. The average Bonchev–Trinajstić information content (AvgIpc) is 2.13. The van der Waals surface area contributed by atoms with Crippen molar-refractivity contribution in [3.05, 3.63) is 38.2 Å². The number of ketones is 2. The Morgan fingerprint density at radius 1 is 0.857 bits per heavy atom. The molecule has 0 aromatic rings. The van der Waals surface area contributed by atoms with Crippen LogP contribution in [0, 0.1) is 12.8 Å². The Labute approximate surface area is 85.7 Å². The van der Waals surface area contributed by atoms with Crippen molar-refractivity contribution < 1.29 is 9.59 Å². The summed E-state index contributed by atoms with van der Waals surface area (Å²) in [6.45, 7) is 6.87. The molecule has 0 bridgehead atoms. The van der Waals surface area contributed by atoms with Crippen LogP contribution in [-0.4, -0.2) is 11.6 Å². The highest BCUT2D eigenvalue weighted by Crippen LogP contribution is 2.04. The van der Waals surface area contributed by atoms with Gasteiger partial charge in [-0.2, -0.15) is 0 Å². The molecule has 0 saturated heterocycles. The summed E-state index contributed by atoms with van der Waals surface area (Å²) in [5.74, 6) is 0.139. The van der Waals surface area contributed by atoms with Gasteiger partial charge in [0.15, 0.2) is 0 Å². The van der Waals surface area contributed by atoms with Crippen molar-refractivity contribution in [2.24, 2.45) is 0 Å². The van der Waals surface area contributed by atoms with Crippen LogP contribution in [0.4, 0.5) is 0 Å². The van der Waals surface area contributed by atoms with E-state index in [-0.39, 0.29) is 11.6 Å². The summed E-state index contributed by atoms with van der Waals surface area (Å²) in [7, 11) is 0. The van der Waals surface area contributed by atoms with Crippen molar-refractivity contribution >= 4 is 11.6 Å². The van der Waals surface area contributed by atoms with Gasteiger partial charge < -0.3 is 0 Å². The Morgan fingerprint density at radius 3 is 1.50 bits per heavy atom. The van der Waals surface area contributed by atoms with E-state index in [0.717, 1.165) is 12.8 Å². The second-order valence-electron chi connectivity index (χ2n) is 2.94. The second-order valence-corrected chi connectivity index (χ2v) is 2.94. The molecule has 2 nitrogen and oxygen atoms in total. The summed E-state index contributed by atoms with van der Waals surface area (Å²) < 4.78 is 0. The van der Waals surface area contributed by atoms with Gasteiger partial charge in [-0.25, -0.2) is 0 Å². The maximum atomic E-state index is 11.0. The predicted molar refractivity (Wildman–Crippen MR) is 57.5 cm³/mol. The van der Waals surface area contributed by atoms with Crippen molar-refractivity contribution in [3.63, 3.8) is 0 Å². The van der Waals surface area contributed by atoms with Gasteiger partial charge >= 0.3 is 0 Å². The van der Waals surface area contributed by atoms with Crippen molar-refractivity contribution in [1.82, 2.24) is 0 Å². The topological polar surface area (TPSA) is 34.1 Å². The molecule has 0 aliphatic carbocycles. The zero-order valence-corrected chi connectivity index (χ0v) is 8.37. The number of hydrogen-bond acceptors (Lipinski definition) is 2. The van der Waals surface area contributed by atoms with Crippen LogP contribution in [0.2, 0.25) is 0 Å². The molecular weight excluding hydrogens is 176 g/mol. The Morgan fingerprint density at radius 2 is 1.21 bits per heavy atom. The normalized spacial score (nSPS) is 9.43. The first-order valence-electron chi connectivity index (χ1n) is 4.68. The van der Waals surface area contributed by atoms with Crippen LogP contribution >= 0.6 is 0 Å². The van der Waals surface area contributed by atoms with Gasteiger partial charge in [-0.05, 0) is 12.8 Å². The molecule has 0 rings (SSSR count). The minimum absolute atomic E-state index is 0.0696. The molecule has 0 aromatic heterocycles. The van der Waals surface area contributed by atoms with Gasteiger partial charge in [0, 0.05) is 25.7 Å². The maximum absolute atomic E-state index is 11.0. The first kappa shape index (κ1) is 12.8. The van der Waals surface area contributed by atoms with Gasteiger partial charge in [0.25, 0.3) is 0 Å². The van der Waals surface area contributed by atoms with Crippen molar-refractivity contribution in [1.29, 1.82) is 0 Å². The zero-order chi connectivity index (χ0) is 10.8. The monoisotopic (exact) mass is 192 g/mol. The number of allylic oxidation sites excluding steroid dienone is 2. The highest BCUT2D eigenvalue weighted by Gasteiger charge is 2.02. The molecule has 0 spiro atoms.